The van der Waals surface area contributed by atoms with Crippen molar-refractivity contribution in [1.82, 2.24) is 5.01 Å². The third-order valence-electron chi connectivity index (χ3n) is 5.48. The van der Waals surface area contributed by atoms with Gasteiger partial charge in [0, 0.05) is 22.9 Å². The van der Waals surface area contributed by atoms with Crippen molar-refractivity contribution in [2.45, 2.75) is 25.3 Å². The van der Waals surface area contributed by atoms with Gasteiger partial charge in [-0.25, -0.2) is 9.80 Å². The van der Waals surface area contributed by atoms with Crippen LogP contribution in [0.2, 0.25) is 0 Å². The normalized spacial score (nSPS) is 17.5. The first-order valence-corrected chi connectivity index (χ1v) is 12.4. The zero-order chi connectivity index (χ0) is 22.8. The van der Waals surface area contributed by atoms with Gasteiger partial charge in [0.25, 0.3) is 5.91 Å². The Morgan fingerprint density at radius 1 is 1.06 bits per heavy atom. The van der Waals surface area contributed by atoms with Crippen LogP contribution in [0, 0.1) is 5.92 Å². The molecule has 1 N–H and O–H groups in total. The Morgan fingerprint density at radius 3 is 2.61 bits per heavy atom. The number of hydrogen-bond acceptors (Lipinski definition) is 7. The lowest BCUT2D eigenvalue weighted by molar-refractivity contribution is -0.136. The van der Waals surface area contributed by atoms with Crippen LogP contribution in [0.15, 0.2) is 64.4 Å². The van der Waals surface area contributed by atoms with Crippen molar-refractivity contribution < 1.29 is 19.1 Å². The van der Waals surface area contributed by atoms with E-state index in [0.717, 1.165) is 28.3 Å². The highest BCUT2D eigenvalue weighted by Crippen LogP contribution is 2.36. The SMILES string of the molecule is O=C(OCC(=O)N1N=C(c2cccs2)CC1c1cccs1)c1cccc(NC(=O)C2CC2)c1. The van der Waals surface area contributed by atoms with Gasteiger partial charge < -0.3 is 10.1 Å². The number of carbonyl (C=O) groups is 3. The van der Waals surface area contributed by atoms with Crippen molar-refractivity contribution in [2.75, 3.05) is 11.9 Å². The van der Waals surface area contributed by atoms with E-state index in [4.69, 9.17) is 4.74 Å². The molecule has 1 aromatic carbocycles. The Labute approximate surface area is 198 Å². The van der Waals surface area contributed by atoms with Gasteiger partial charge in [0.1, 0.15) is 0 Å². The molecule has 0 radical (unpaired) electrons. The van der Waals surface area contributed by atoms with Crippen LogP contribution < -0.4 is 5.32 Å². The summed E-state index contributed by atoms with van der Waals surface area (Å²) in [5.41, 5.74) is 1.66. The van der Waals surface area contributed by atoms with Crippen LogP contribution in [-0.4, -0.2) is 35.1 Å². The Morgan fingerprint density at radius 2 is 1.88 bits per heavy atom. The first-order valence-electron chi connectivity index (χ1n) is 10.6. The van der Waals surface area contributed by atoms with Crippen LogP contribution >= 0.6 is 22.7 Å². The summed E-state index contributed by atoms with van der Waals surface area (Å²) in [6.45, 7) is -0.416. The van der Waals surface area contributed by atoms with Crippen LogP contribution in [0.5, 0.6) is 0 Å². The first kappa shape index (κ1) is 21.5. The number of anilines is 1. The molecule has 3 aromatic rings. The van der Waals surface area contributed by atoms with Gasteiger partial charge in [-0.05, 0) is 53.9 Å². The third kappa shape index (κ3) is 4.89. The quantitative estimate of drug-likeness (QED) is 0.498. The standard InChI is InChI=1S/C24H21N3O4S2/c28-22(14-31-24(30)16-4-1-5-17(12-16)25-23(29)15-8-9-15)27-19(21-7-3-11-33-21)13-18(26-27)20-6-2-10-32-20/h1-7,10-12,15,19H,8-9,13-14H2,(H,25,29). The molecule has 0 bridgehead atoms. The topological polar surface area (TPSA) is 88.1 Å². The fraction of sp³-hybridized carbons (Fsp3) is 0.250. The second-order valence-corrected chi connectivity index (χ2v) is 9.85. The Bertz CT molecular complexity index is 1200. The monoisotopic (exact) mass is 479 g/mol. The lowest BCUT2D eigenvalue weighted by Gasteiger charge is -2.20. The molecule has 3 heterocycles. The van der Waals surface area contributed by atoms with E-state index in [-0.39, 0.29) is 29.3 Å². The highest BCUT2D eigenvalue weighted by Gasteiger charge is 2.34. The maximum Gasteiger partial charge on any atom is 0.338 e. The number of nitrogens with zero attached hydrogens (tertiary/aromatic N) is 2. The number of rotatable bonds is 7. The molecule has 5 rings (SSSR count). The summed E-state index contributed by atoms with van der Waals surface area (Å²) < 4.78 is 5.31. The summed E-state index contributed by atoms with van der Waals surface area (Å²) >= 11 is 3.15. The fourth-order valence-electron chi connectivity index (χ4n) is 3.62. The van der Waals surface area contributed by atoms with Crippen molar-refractivity contribution in [2.24, 2.45) is 11.0 Å². The minimum atomic E-state index is -0.625. The van der Waals surface area contributed by atoms with Crippen LogP contribution in [0.3, 0.4) is 0 Å². The second-order valence-electron chi connectivity index (χ2n) is 7.92. The van der Waals surface area contributed by atoms with Crippen LogP contribution in [-0.2, 0) is 14.3 Å². The average Bonchev–Trinajstić information content (AvgIpc) is 3.23. The Kier molecular flexibility index (Phi) is 6.06. The number of thiophene rings is 2. The van der Waals surface area contributed by atoms with Crippen LogP contribution in [0.25, 0.3) is 0 Å². The number of ether oxygens (including phenoxy) is 1. The molecule has 1 aliphatic heterocycles. The molecule has 33 heavy (non-hydrogen) atoms. The van der Waals surface area contributed by atoms with Gasteiger partial charge in [0.15, 0.2) is 6.61 Å². The summed E-state index contributed by atoms with van der Waals surface area (Å²) in [7, 11) is 0. The van der Waals surface area contributed by atoms with Crippen LogP contribution in [0.4, 0.5) is 5.69 Å². The molecule has 7 nitrogen and oxygen atoms in total. The van der Waals surface area contributed by atoms with E-state index in [1.165, 1.54) is 5.01 Å². The van der Waals surface area contributed by atoms with Gasteiger partial charge >= 0.3 is 5.97 Å². The van der Waals surface area contributed by atoms with Gasteiger partial charge in [-0.2, -0.15) is 5.10 Å². The van der Waals surface area contributed by atoms with E-state index in [1.54, 1.807) is 46.9 Å². The van der Waals surface area contributed by atoms with Crippen molar-refractivity contribution in [3.63, 3.8) is 0 Å². The van der Waals surface area contributed by atoms with Gasteiger partial charge in [0.2, 0.25) is 5.91 Å². The molecular weight excluding hydrogens is 458 g/mol. The molecule has 168 valence electrons. The van der Waals surface area contributed by atoms with Gasteiger partial charge in [-0.3, -0.25) is 9.59 Å². The van der Waals surface area contributed by atoms with Gasteiger partial charge in [0.05, 0.1) is 22.2 Å². The molecule has 1 saturated carbocycles. The minimum Gasteiger partial charge on any atom is -0.452 e. The molecule has 2 amide bonds. The third-order valence-corrected chi connectivity index (χ3v) is 7.38. The highest BCUT2D eigenvalue weighted by molar-refractivity contribution is 7.12. The molecule has 2 aromatic heterocycles. The number of hydrazone groups is 1. The van der Waals surface area contributed by atoms with E-state index in [9.17, 15) is 14.4 Å². The molecular formula is C24H21N3O4S2. The molecule has 0 saturated heterocycles. The van der Waals surface area contributed by atoms with E-state index in [0.29, 0.717) is 12.1 Å². The summed E-state index contributed by atoms with van der Waals surface area (Å²) in [4.78, 5) is 39.6. The molecule has 1 aliphatic carbocycles. The zero-order valence-corrected chi connectivity index (χ0v) is 19.2. The maximum absolute atomic E-state index is 13.0. The average molecular weight is 480 g/mol. The predicted octanol–water partition coefficient (Wildman–Crippen LogP) is 4.69. The molecule has 0 spiro atoms. The van der Waals surface area contributed by atoms with E-state index < -0.39 is 12.6 Å². The number of hydrogen-bond donors (Lipinski definition) is 1. The lowest BCUT2D eigenvalue weighted by atomic mass is 10.1. The molecule has 2 aliphatic rings. The van der Waals surface area contributed by atoms with E-state index in [2.05, 4.69) is 10.4 Å². The summed E-state index contributed by atoms with van der Waals surface area (Å²) in [5, 5.41) is 12.8. The Balaban J connectivity index is 1.25. The van der Waals surface area contributed by atoms with Gasteiger partial charge in [-0.1, -0.05) is 18.2 Å². The smallest absolute Gasteiger partial charge is 0.338 e. The Hall–Kier alpha value is -3.30. The second kappa shape index (κ2) is 9.29. The minimum absolute atomic E-state index is 0.0382. The first-order chi connectivity index (χ1) is 16.1. The number of amides is 2. The molecule has 1 atom stereocenters. The highest BCUT2D eigenvalue weighted by atomic mass is 32.1. The largest absolute Gasteiger partial charge is 0.452 e. The number of esters is 1. The number of carbonyl (C=O) groups excluding carboxylic acids is 3. The summed E-state index contributed by atoms with van der Waals surface area (Å²) in [6, 6.07) is 14.2. The number of benzene rings is 1. The summed E-state index contributed by atoms with van der Waals surface area (Å²) in [6.07, 6.45) is 2.41. The van der Waals surface area contributed by atoms with Crippen molar-refractivity contribution in [3.8, 4) is 0 Å². The molecule has 1 unspecified atom stereocenters. The van der Waals surface area contributed by atoms with Crippen molar-refractivity contribution in [1.29, 1.82) is 0 Å². The van der Waals surface area contributed by atoms with E-state index >= 15 is 0 Å². The van der Waals surface area contributed by atoms with Gasteiger partial charge in [-0.15, -0.1) is 22.7 Å². The molecule has 1 fully saturated rings. The van der Waals surface area contributed by atoms with Crippen molar-refractivity contribution in [3.05, 3.63) is 74.6 Å². The van der Waals surface area contributed by atoms with Crippen molar-refractivity contribution >= 4 is 51.9 Å². The maximum atomic E-state index is 13.0. The fourth-order valence-corrected chi connectivity index (χ4v) is 5.16. The lowest BCUT2D eigenvalue weighted by Crippen LogP contribution is -2.31. The summed E-state index contributed by atoms with van der Waals surface area (Å²) in [5.74, 6) is -0.981. The van der Waals surface area contributed by atoms with E-state index in [1.807, 2.05) is 35.0 Å². The predicted molar refractivity (Wildman–Crippen MR) is 127 cm³/mol. The zero-order valence-electron chi connectivity index (χ0n) is 17.6. The molecule has 9 heteroatoms. The van der Waals surface area contributed by atoms with Crippen LogP contribution in [0.1, 0.15) is 45.4 Å². The number of nitrogens with one attached hydrogen (secondary N) is 1.